The molecule has 0 aliphatic carbocycles. The summed E-state index contributed by atoms with van der Waals surface area (Å²) in [6.07, 6.45) is 0. The van der Waals surface area contributed by atoms with E-state index in [4.69, 9.17) is 27.4 Å². The van der Waals surface area contributed by atoms with Crippen molar-refractivity contribution in [3.8, 4) is 22.8 Å². The van der Waals surface area contributed by atoms with E-state index >= 15 is 0 Å². The first-order valence-corrected chi connectivity index (χ1v) is 5.76. The minimum Gasteiger partial charge on any atom is -0.497 e. The smallest absolute Gasteiger partial charge is 0.178 e. The van der Waals surface area contributed by atoms with Crippen LogP contribution in [0.15, 0.2) is 18.2 Å². The molecule has 0 atom stereocenters. The van der Waals surface area contributed by atoms with Gasteiger partial charge < -0.3 is 24.8 Å². The fourth-order valence-electron chi connectivity index (χ4n) is 1.75. The van der Waals surface area contributed by atoms with Gasteiger partial charge in [0.15, 0.2) is 4.77 Å². The molecule has 0 unspecified atom stereocenters. The van der Waals surface area contributed by atoms with Crippen LogP contribution in [-0.2, 0) is 7.05 Å². The van der Waals surface area contributed by atoms with Gasteiger partial charge in [-0.25, -0.2) is 0 Å². The summed E-state index contributed by atoms with van der Waals surface area (Å²) in [4.78, 5) is 3.07. The van der Waals surface area contributed by atoms with E-state index in [1.54, 1.807) is 18.8 Å². The molecule has 96 valence electrons. The van der Waals surface area contributed by atoms with E-state index in [2.05, 4.69) is 4.98 Å². The number of aromatic nitrogens is 2. The van der Waals surface area contributed by atoms with Crippen LogP contribution in [0.5, 0.6) is 11.5 Å². The lowest BCUT2D eigenvalue weighted by Gasteiger charge is -2.10. The van der Waals surface area contributed by atoms with E-state index in [-0.39, 0.29) is 0 Å². The highest BCUT2D eigenvalue weighted by molar-refractivity contribution is 7.71. The fraction of sp³-hybridized carbons (Fsp3) is 0.250. The lowest BCUT2D eigenvalue weighted by Crippen LogP contribution is -1.98. The number of nitrogens with two attached hydrogens (primary N) is 1. The summed E-state index contributed by atoms with van der Waals surface area (Å²) >= 11 is 5.16. The SMILES string of the molecule is COc1ccc(OC)c(-c2[nH]c(=S)n(C)c2N)c1. The minimum atomic E-state index is 0.562. The molecule has 0 saturated carbocycles. The van der Waals surface area contributed by atoms with Crippen LogP contribution in [0.1, 0.15) is 0 Å². The monoisotopic (exact) mass is 265 g/mol. The zero-order valence-electron chi connectivity index (χ0n) is 10.5. The van der Waals surface area contributed by atoms with Crippen LogP contribution in [0.4, 0.5) is 5.82 Å². The maximum Gasteiger partial charge on any atom is 0.178 e. The summed E-state index contributed by atoms with van der Waals surface area (Å²) in [5.41, 5.74) is 7.57. The largest absolute Gasteiger partial charge is 0.497 e. The summed E-state index contributed by atoms with van der Waals surface area (Å²) in [7, 11) is 5.03. The quantitative estimate of drug-likeness (QED) is 0.836. The van der Waals surface area contributed by atoms with Gasteiger partial charge in [0, 0.05) is 12.6 Å². The Labute approximate surface area is 110 Å². The third-order valence-corrected chi connectivity index (χ3v) is 3.21. The number of hydrogen-bond donors (Lipinski definition) is 2. The van der Waals surface area contributed by atoms with Crippen molar-refractivity contribution >= 4 is 18.0 Å². The first-order chi connectivity index (χ1) is 8.58. The van der Waals surface area contributed by atoms with Gasteiger partial charge in [0.1, 0.15) is 17.3 Å². The van der Waals surface area contributed by atoms with Crippen LogP contribution < -0.4 is 15.2 Å². The van der Waals surface area contributed by atoms with Crippen molar-refractivity contribution in [3.63, 3.8) is 0 Å². The Kier molecular flexibility index (Phi) is 3.29. The van der Waals surface area contributed by atoms with Gasteiger partial charge in [0.2, 0.25) is 0 Å². The molecule has 5 nitrogen and oxygen atoms in total. The van der Waals surface area contributed by atoms with Crippen LogP contribution in [0.2, 0.25) is 0 Å². The topological polar surface area (TPSA) is 65.2 Å². The number of aromatic amines is 1. The molecule has 0 aliphatic rings. The van der Waals surface area contributed by atoms with Gasteiger partial charge in [-0.2, -0.15) is 0 Å². The second-order valence-corrected chi connectivity index (χ2v) is 4.20. The average molecular weight is 265 g/mol. The predicted octanol–water partition coefficient (Wildman–Crippen LogP) is 2.35. The number of nitrogen functional groups attached to an aromatic ring is 1. The van der Waals surface area contributed by atoms with E-state index in [1.807, 2.05) is 25.2 Å². The molecule has 0 aliphatic heterocycles. The van der Waals surface area contributed by atoms with Crippen LogP contribution in [0.25, 0.3) is 11.3 Å². The Hall–Kier alpha value is -1.95. The molecule has 3 N–H and O–H groups in total. The molecule has 2 rings (SSSR count). The number of hydrogen-bond acceptors (Lipinski definition) is 4. The number of benzene rings is 1. The van der Waals surface area contributed by atoms with Crippen molar-refractivity contribution in [2.45, 2.75) is 0 Å². The van der Waals surface area contributed by atoms with E-state index in [0.717, 1.165) is 17.0 Å². The van der Waals surface area contributed by atoms with Crippen LogP contribution in [-0.4, -0.2) is 23.8 Å². The molecule has 0 spiro atoms. The van der Waals surface area contributed by atoms with Crippen molar-refractivity contribution in [2.75, 3.05) is 20.0 Å². The highest BCUT2D eigenvalue weighted by Gasteiger charge is 2.14. The molecule has 0 amide bonds. The van der Waals surface area contributed by atoms with Crippen molar-refractivity contribution < 1.29 is 9.47 Å². The molecular weight excluding hydrogens is 250 g/mol. The summed E-state index contributed by atoms with van der Waals surface area (Å²) < 4.78 is 12.8. The Morgan fingerprint density at radius 3 is 2.50 bits per heavy atom. The third kappa shape index (κ3) is 1.95. The zero-order chi connectivity index (χ0) is 13.3. The van der Waals surface area contributed by atoms with Crippen LogP contribution >= 0.6 is 12.2 Å². The molecule has 0 fully saturated rings. The van der Waals surface area contributed by atoms with Gasteiger partial charge in [-0.05, 0) is 30.4 Å². The molecular formula is C12H15N3O2S. The molecule has 1 aromatic carbocycles. The number of anilines is 1. The van der Waals surface area contributed by atoms with Crippen molar-refractivity contribution in [3.05, 3.63) is 23.0 Å². The highest BCUT2D eigenvalue weighted by atomic mass is 32.1. The highest BCUT2D eigenvalue weighted by Crippen LogP contribution is 2.35. The predicted molar refractivity (Wildman–Crippen MR) is 73.6 cm³/mol. The molecule has 1 heterocycles. The lowest BCUT2D eigenvalue weighted by atomic mass is 10.1. The number of H-pyrrole nitrogens is 1. The van der Waals surface area contributed by atoms with E-state index < -0.39 is 0 Å². The summed E-state index contributed by atoms with van der Waals surface area (Å²) in [6, 6.07) is 5.52. The summed E-state index contributed by atoms with van der Waals surface area (Å²) in [5, 5.41) is 0. The van der Waals surface area contributed by atoms with Gasteiger partial charge in [-0.1, -0.05) is 0 Å². The number of nitrogens with one attached hydrogen (secondary N) is 1. The average Bonchev–Trinajstić information content (AvgIpc) is 2.65. The Bertz CT molecular complexity index is 631. The van der Waals surface area contributed by atoms with E-state index in [0.29, 0.717) is 16.3 Å². The van der Waals surface area contributed by atoms with Crippen LogP contribution in [0, 0.1) is 4.77 Å². The number of nitrogens with zero attached hydrogens (tertiary/aromatic N) is 1. The molecule has 6 heteroatoms. The van der Waals surface area contributed by atoms with Crippen molar-refractivity contribution in [1.82, 2.24) is 9.55 Å². The number of ether oxygens (including phenoxy) is 2. The van der Waals surface area contributed by atoms with Gasteiger partial charge in [0.25, 0.3) is 0 Å². The number of rotatable bonds is 3. The second kappa shape index (κ2) is 4.73. The Morgan fingerprint density at radius 1 is 1.28 bits per heavy atom. The van der Waals surface area contributed by atoms with E-state index in [1.165, 1.54) is 0 Å². The normalized spacial score (nSPS) is 10.4. The number of methoxy groups -OCH3 is 2. The maximum atomic E-state index is 6.02. The lowest BCUT2D eigenvalue weighted by molar-refractivity contribution is 0.404. The first-order valence-electron chi connectivity index (χ1n) is 5.35. The van der Waals surface area contributed by atoms with Gasteiger partial charge in [0.05, 0.1) is 19.9 Å². The van der Waals surface area contributed by atoms with Crippen molar-refractivity contribution in [1.29, 1.82) is 0 Å². The molecule has 2 aromatic rings. The molecule has 0 radical (unpaired) electrons. The Morgan fingerprint density at radius 2 is 2.00 bits per heavy atom. The van der Waals surface area contributed by atoms with Gasteiger partial charge in [-0.15, -0.1) is 0 Å². The third-order valence-electron chi connectivity index (χ3n) is 2.83. The minimum absolute atomic E-state index is 0.562. The fourth-order valence-corrected chi connectivity index (χ4v) is 1.95. The summed E-state index contributed by atoms with van der Waals surface area (Å²) in [6.45, 7) is 0. The molecule has 1 aromatic heterocycles. The van der Waals surface area contributed by atoms with Crippen molar-refractivity contribution in [2.24, 2.45) is 7.05 Å². The second-order valence-electron chi connectivity index (χ2n) is 3.82. The first kappa shape index (κ1) is 12.5. The van der Waals surface area contributed by atoms with Gasteiger partial charge >= 0.3 is 0 Å². The summed E-state index contributed by atoms with van der Waals surface area (Å²) in [5.74, 6) is 2.00. The number of imidazole rings is 1. The maximum absolute atomic E-state index is 6.02. The molecule has 18 heavy (non-hydrogen) atoms. The van der Waals surface area contributed by atoms with Crippen LogP contribution in [0.3, 0.4) is 0 Å². The molecule has 0 bridgehead atoms. The zero-order valence-corrected chi connectivity index (χ0v) is 11.3. The Balaban J connectivity index is 2.68. The van der Waals surface area contributed by atoms with Gasteiger partial charge in [-0.3, -0.25) is 0 Å². The standard InChI is InChI=1S/C12H15N3O2S/c1-15-11(13)10(14-12(15)18)8-6-7(16-2)4-5-9(8)17-3/h4-6H,13H2,1-3H3,(H,14,18). The van der Waals surface area contributed by atoms with E-state index in [9.17, 15) is 0 Å². The molecule has 0 saturated heterocycles.